The molecule has 0 bridgehead atoms. The van der Waals surface area contributed by atoms with Gasteiger partial charge in [-0.2, -0.15) is 0 Å². The van der Waals surface area contributed by atoms with Gasteiger partial charge in [0.05, 0.1) is 11.4 Å². The Balaban J connectivity index is 1.35. The minimum absolute atomic E-state index is 0.0266. The SMILES string of the molecule is Cc1ccccc1OCc1nnc(SCC(=O)c2ccc3c(c2)NC(=O)CO3)n1-c1ccccc1. The van der Waals surface area contributed by atoms with Gasteiger partial charge in [0.1, 0.15) is 18.1 Å². The molecule has 5 rings (SSSR count). The van der Waals surface area contributed by atoms with Crippen LogP contribution in [0.15, 0.2) is 78.0 Å². The second kappa shape index (κ2) is 10.0. The summed E-state index contributed by atoms with van der Waals surface area (Å²) in [6.45, 7) is 2.19. The van der Waals surface area contributed by atoms with Gasteiger partial charge in [-0.05, 0) is 48.9 Å². The molecule has 1 N–H and O–H groups in total. The maximum atomic E-state index is 12.9. The van der Waals surface area contributed by atoms with Crippen molar-refractivity contribution in [3.63, 3.8) is 0 Å². The minimum Gasteiger partial charge on any atom is -0.485 e. The molecule has 0 saturated heterocycles. The third-order valence-corrected chi connectivity index (χ3v) is 6.36. The molecule has 4 aromatic rings. The van der Waals surface area contributed by atoms with Gasteiger partial charge in [0.25, 0.3) is 5.91 Å². The number of ketones is 1. The number of benzene rings is 3. The number of amides is 1. The Labute approximate surface area is 206 Å². The molecular weight excluding hydrogens is 464 g/mol. The summed E-state index contributed by atoms with van der Waals surface area (Å²) in [6, 6.07) is 22.5. The number of aromatic nitrogens is 3. The Bertz CT molecular complexity index is 1390. The number of carbonyl (C=O) groups is 2. The third-order valence-electron chi connectivity index (χ3n) is 5.43. The van der Waals surface area contributed by atoms with Crippen LogP contribution in [0.3, 0.4) is 0 Å². The van der Waals surface area contributed by atoms with Gasteiger partial charge >= 0.3 is 0 Å². The summed E-state index contributed by atoms with van der Waals surface area (Å²) >= 11 is 1.29. The molecule has 1 amide bonds. The molecule has 9 heteroatoms. The summed E-state index contributed by atoms with van der Waals surface area (Å²) in [5.74, 6) is 1.77. The molecule has 2 heterocycles. The van der Waals surface area contributed by atoms with E-state index in [0.717, 1.165) is 17.0 Å². The van der Waals surface area contributed by atoms with Crippen LogP contribution in [-0.2, 0) is 11.4 Å². The van der Waals surface area contributed by atoms with E-state index in [4.69, 9.17) is 9.47 Å². The first-order chi connectivity index (χ1) is 17.1. The topological polar surface area (TPSA) is 95.3 Å². The Morgan fingerprint density at radius 1 is 1.09 bits per heavy atom. The van der Waals surface area contributed by atoms with Gasteiger partial charge in [-0.3, -0.25) is 14.2 Å². The lowest BCUT2D eigenvalue weighted by Crippen LogP contribution is -2.25. The summed E-state index contributed by atoms with van der Waals surface area (Å²) in [6.07, 6.45) is 0. The molecule has 0 radical (unpaired) electrons. The number of nitrogens with zero attached hydrogens (tertiary/aromatic N) is 3. The fraction of sp³-hybridized carbons (Fsp3) is 0.154. The zero-order chi connectivity index (χ0) is 24.2. The van der Waals surface area contributed by atoms with Crippen LogP contribution in [0, 0.1) is 6.92 Å². The van der Waals surface area contributed by atoms with Gasteiger partial charge in [-0.1, -0.05) is 48.2 Å². The van der Waals surface area contributed by atoms with E-state index < -0.39 is 0 Å². The summed E-state index contributed by atoms with van der Waals surface area (Å²) in [5.41, 5.74) is 2.89. The van der Waals surface area contributed by atoms with Crippen LogP contribution < -0.4 is 14.8 Å². The number of fused-ring (bicyclic) bond motifs is 1. The monoisotopic (exact) mass is 486 g/mol. The lowest BCUT2D eigenvalue weighted by molar-refractivity contribution is -0.118. The first-order valence-electron chi connectivity index (χ1n) is 11.0. The lowest BCUT2D eigenvalue weighted by atomic mass is 10.1. The van der Waals surface area contributed by atoms with Gasteiger partial charge in [0, 0.05) is 11.3 Å². The summed E-state index contributed by atoms with van der Waals surface area (Å²) in [7, 11) is 0. The molecule has 35 heavy (non-hydrogen) atoms. The number of rotatable bonds is 8. The molecule has 0 aliphatic carbocycles. The predicted octanol–water partition coefficient (Wildman–Crippen LogP) is 4.46. The smallest absolute Gasteiger partial charge is 0.262 e. The average molecular weight is 487 g/mol. The highest BCUT2D eigenvalue weighted by atomic mass is 32.2. The van der Waals surface area contributed by atoms with E-state index in [2.05, 4.69) is 15.5 Å². The Kier molecular flexibility index (Phi) is 6.49. The van der Waals surface area contributed by atoms with Crippen LogP contribution in [0.2, 0.25) is 0 Å². The number of aryl methyl sites for hydroxylation is 1. The van der Waals surface area contributed by atoms with Crippen molar-refractivity contribution < 1.29 is 19.1 Å². The normalized spacial score (nSPS) is 12.4. The second-order valence-corrected chi connectivity index (χ2v) is 8.83. The van der Waals surface area contributed by atoms with Crippen LogP contribution in [0.1, 0.15) is 21.7 Å². The van der Waals surface area contributed by atoms with Crippen LogP contribution in [0.5, 0.6) is 11.5 Å². The van der Waals surface area contributed by atoms with Crippen molar-refractivity contribution in [3.05, 3.63) is 89.7 Å². The average Bonchev–Trinajstić information content (AvgIpc) is 3.29. The van der Waals surface area contributed by atoms with Crippen LogP contribution in [0.25, 0.3) is 5.69 Å². The number of thioether (sulfide) groups is 1. The van der Waals surface area contributed by atoms with E-state index >= 15 is 0 Å². The van der Waals surface area contributed by atoms with Crippen molar-refractivity contribution >= 4 is 29.1 Å². The molecule has 1 aliphatic heterocycles. The predicted molar refractivity (Wildman–Crippen MR) is 132 cm³/mol. The quantitative estimate of drug-likeness (QED) is 0.290. The molecule has 176 valence electrons. The van der Waals surface area contributed by atoms with Crippen LogP contribution >= 0.6 is 11.8 Å². The van der Waals surface area contributed by atoms with Crippen LogP contribution in [-0.4, -0.2) is 38.8 Å². The van der Waals surface area contributed by atoms with Gasteiger partial charge in [0.15, 0.2) is 23.4 Å². The van der Waals surface area contributed by atoms with E-state index in [0.29, 0.717) is 28.0 Å². The molecule has 0 atom stereocenters. The van der Waals surface area contributed by atoms with Crippen molar-refractivity contribution in [1.82, 2.24) is 14.8 Å². The number of Topliss-reactive ketones (excluding diaryl/α,β-unsaturated/α-hetero) is 1. The van der Waals surface area contributed by atoms with Crippen molar-refractivity contribution in [1.29, 1.82) is 0 Å². The van der Waals surface area contributed by atoms with Gasteiger partial charge in [-0.25, -0.2) is 0 Å². The number of hydrogen-bond acceptors (Lipinski definition) is 7. The first kappa shape index (κ1) is 22.7. The number of para-hydroxylation sites is 2. The van der Waals surface area contributed by atoms with Crippen molar-refractivity contribution in [3.8, 4) is 17.2 Å². The Morgan fingerprint density at radius 2 is 1.89 bits per heavy atom. The van der Waals surface area contributed by atoms with E-state index in [-0.39, 0.29) is 30.7 Å². The van der Waals surface area contributed by atoms with Crippen molar-refractivity contribution in [2.24, 2.45) is 0 Å². The lowest BCUT2D eigenvalue weighted by Gasteiger charge is -2.18. The third kappa shape index (κ3) is 5.04. The molecule has 0 fully saturated rings. The van der Waals surface area contributed by atoms with Crippen molar-refractivity contribution in [2.45, 2.75) is 18.7 Å². The standard InChI is InChI=1S/C26H22N4O4S/c1-17-7-5-6-10-22(17)33-14-24-28-29-26(30(24)19-8-3-2-4-9-19)35-16-21(31)18-11-12-23-20(13-18)27-25(32)15-34-23/h2-13H,14-16H2,1H3,(H,27,32). The largest absolute Gasteiger partial charge is 0.485 e. The summed E-state index contributed by atoms with van der Waals surface area (Å²) in [4.78, 5) is 24.5. The molecule has 3 aromatic carbocycles. The molecule has 8 nitrogen and oxygen atoms in total. The molecule has 0 unspecified atom stereocenters. The van der Waals surface area contributed by atoms with Gasteiger partial charge < -0.3 is 14.8 Å². The fourth-order valence-corrected chi connectivity index (χ4v) is 4.52. The molecule has 0 spiro atoms. The number of carbonyl (C=O) groups excluding carboxylic acids is 2. The zero-order valence-electron chi connectivity index (χ0n) is 18.9. The van der Waals surface area contributed by atoms with Gasteiger partial charge in [-0.15, -0.1) is 10.2 Å². The molecule has 1 aromatic heterocycles. The zero-order valence-corrected chi connectivity index (χ0v) is 19.7. The number of hydrogen-bond donors (Lipinski definition) is 1. The first-order valence-corrected chi connectivity index (χ1v) is 12.0. The Morgan fingerprint density at radius 3 is 2.71 bits per heavy atom. The highest BCUT2D eigenvalue weighted by Gasteiger charge is 2.20. The van der Waals surface area contributed by atoms with E-state index in [1.165, 1.54) is 11.8 Å². The second-order valence-electron chi connectivity index (χ2n) is 7.88. The van der Waals surface area contributed by atoms with Gasteiger partial charge in [0.2, 0.25) is 0 Å². The maximum Gasteiger partial charge on any atom is 0.262 e. The maximum absolute atomic E-state index is 12.9. The summed E-state index contributed by atoms with van der Waals surface area (Å²) < 4.78 is 13.3. The minimum atomic E-state index is -0.243. The fourth-order valence-electron chi connectivity index (χ4n) is 3.65. The van der Waals surface area contributed by atoms with Crippen LogP contribution in [0.4, 0.5) is 5.69 Å². The van der Waals surface area contributed by atoms with E-state index in [1.807, 2.05) is 66.1 Å². The number of anilines is 1. The van der Waals surface area contributed by atoms with E-state index in [1.54, 1.807) is 18.2 Å². The molecule has 0 saturated carbocycles. The summed E-state index contributed by atoms with van der Waals surface area (Å²) in [5, 5.41) is 12.0. The Hall–Kier alpha value is -4.11. The number of ether oxygens (including phenoxy) is 2. The molecular formula is C26H22N4O4S. The van der Waals surface area contributed by atoms with Crippen molar-refractivity contribution in [2.75, 3.05) is 17.7 Å². The van der Waals surface area contributed by atoms with E-state index in [9.17, 15) is 9.59 Å². The highest BCUT2D eigenvalue weighted by molar-refractivity contribution is 7.99. The molecule has 1 aliphatic rings. The highest BCUT2D eigenvalue weighted by Crippen LogP contribution is 2.30. The number of nitrogens with one attached hydrogen (secondary N) is 1.